The van der Waals surface area contributed by atoms with Crippen LogP contribution in [0.1, 0.15) is 5.56 Å². The average Bonchev–Trinajstić information content (AvgIpc) is 2.38. The number of hydrogen-bond donors (Lipinski definition) is 2. The second-order valence-corrected chi connectivity index (χ2v) is 5.86. The molecule has 0 aliphatic carbocycles. The van der Waals surface area contributed by atoms with Crippen molar-refractivity contribution >= 4 is 21.7 Å². The number of aryl methyl sites for hydroxylation is 1. The lowest BCUT2D eigenvalue weighted by Crippen LogP contribution is -2.38. The van der Waals surface area contributed by atoms with E-state index < -0.39 is 33.6 Å². The smallest absolute Gasteiger partial charge is 0.334 e. The number of benzene rings is 1. The van der Waals surface area contributed by atoms with Crippen molar-refractivity contribution in [3.8, 4) is 0 Å². The van der Waals surface area contributed by atoms with Crippen LogP contribution in [0.3, 0.4) is 0 Å². The van der Waals surface area contributed by atoms with E-state index in [9.17, 15) is 23.3 Å². The summed E-state index contributed by atoms with van der Waals surface area (Å²) >= 11 is 0. The van der Waals surface area contributed by atoms with E-state index in [1.807, 2.05) is 0 Å². The van der Waals surface area contributed by atoms with Crippen molar-refractivity contribution in [3.05, 3.63) is 33.9 Å². The minimum Gasteiger partial charge on any atom is -0.479 e. The van der Waals surface area contributed by atoms with Gasteiger partial charge in [-0.15, -0.1) is 0 Å². The molecular formula is C11H14N2O7S. The number of carboxylic acids is 1. The minimum atomic E-state index is -4.08. The molecule has 1 aromatic carbocycles. The molecule has 0 aliphatic heterocycles. The van der Waals surface area contributed by atoms with Crippen molar-refractivity contribution in [2.24, 2.45) is 0 Å². The summed E-state index contributed by atoms with van der Waals surface area (Å²) in [5.74, 6) is -1.32. The molecule has 0 fully saturated rings. The third-order valence-corrected chi connectivity index (χ3v) is 4.26. The number of methoxy groups -OCH3 is 1. The van der Waals surface area contributed by atoms with Crippen molar-refractivity contribution in [3.63, 3.8) is 0 Å². The first-order chi connectivity index (χ1) is 9.69. The van der Waals surface area contributed by atoms with Gasteiger partial charge in [0.25, 0.3) is 5.69 Å². The summed E-state index contributed by atoms with van der Waals surface area (Å²) in [5, 5.41) is 19.4. The Labute approximate surface area is 120 Å². The van der Waals surface area contributed by atoms with E-state index >= 15 is 0 Å². The van der Waals surface area contributed by atoms with Gasteiger partial charge < -0.3 is 9.84 Å². The van der Waals surface area contributed by atoms with E-state index in [0.29, 0.717) is 5.56 Å². The quantitative estimate of drug-likeness (QED) is 0.544. The van der Waals surface area contributed by atoms with Crippen LogP contribution >= 0.6 is 0 Å². The Bertz CT molecular complexity index is 657. The molecule has 0 amide bonds. The van der Waals surface area contributed by atoms with Crippen molar-refractivity contribution in [2.45, 2.75) is 17.9 Å². The van der Waals surface area contributed by atoms with E-state index in [2.05, 4.69) is 9.46 Å². The van der Waals surface area contributed by atoms with Crippen molar-refractivity contribution in [1.82, 2.24) is 4.72 Å². The summed E-state index contributed by atoms with van der Waals surface area (Å²) in [6, 6.07) is 3.40. The molecule has 0 radical (unpaired) electrons. The van der Waals surface area contributed by atoms with Gasteiger partial charge in [-0.25, -0.2) is 17.9 Å². The number of nitro benzene ring substituents is 1. The molecule has 9 nitrogen and oxygen atoms in total. The average molecular weight is 318 g/mol. The van der Waals surface area contributed by atoms with Crippen LogP contribution in [0.25, 0.3) is 0 Å². The Balaban J connectivity index is 3.05. The summed E-state index contributed by atoms with van der Waals surface area (Å²) in [6.07, 6.45) is -1.35. The molecular weight excluding hydrogens is 304 g/mol. The lowest BCUT2D eigenvalue weighted by Gasteiger charge is -2.13. The third kappa shape index (κ3) is 4.21. The standard InChI is InChI=1S/C11H14N2O7S/c1-7-3-4-8(13(16)17)5-10(7)21(18,19)12-6-9(20-2)11(14)15/h3-5,9,12H,6H2,1-2H3,(H,14,15). The topological polar surface area (TPSA) is 136 Å². The molecule has 0 saturated carbocycles. The molecule has 1 atom stereocenters. The Hall–Kier alpha value is -2.04. The van der Waals surface area contributed by atoms with Crippen LogP contribution in [0.4, 0.5) is 5.69 Å². The predicted octanol–water partition coefficient (Wildman–Crippen LogP) is 0.281. The van der Waals surface area contributed by atoms with Crippen molar-refractivity contribution in [2.75, 3.05) is 13.7 Å². The van der Waals surface area contributed by atoms with Gasteiger partial charge >= 0.3 is 5.97 Å². The second kappa shape index (κ2) is 6.61. The second-order valence-electron chi connectivity index (χ2n) is 4.12. The van der Waals surface area contributed by atoms with Gasteiger partial charge in [0, 0.05) is 25.8 Å². The minimum absolute atomic E-state index is 0.281. The number of sulfonamides is 1. The highest BCUT2D eigenvalue weighted by atomic mass is 32.2. The first-order valence-corrected chi connectivity index (χ1v) is 7.17. The number of nitrogens with zero attached hydrogens (tertiary/aromatic N) is 1. The van der Waals surface area contributed by atoms with Gasteiger partial charge in [-0.05, 0) is 12.5 Å². The van der Waals surface area contributed by atoms with Gasteiger partial charge in [0.2, 0.25) is 10.0 Å². The van der Waals surface area contributed by atoms with Crippen LogP contribution in [0.5, 0.6) is 0 Å². The largest absolute Gasteiger partial charge is 0.479 e. The van der Waals surface area contributed by atoms with Crippen LogP contribution in [-0.2, 0) is 19.6 Å². The maximum absolute atomic E-state index is 12.1. The summed E-state index contributed by atoms with van der Waals surface area (Å²) in [6.45, 7) is 0.986. The molecule has 0 aliphatic rings. The fraction of sp³-hybridized carbons (Fsp3) is 0.364. The third-order valence-electron chi connectivity index (χ3n) is 2.69. The van der Waals surface area contributed by atoms with Gasteiger partial charge in [0.05, 0.1) is 9.82 Å². The SMILES string of the molecule is COC(CNS(=O)(=O)c1cc([N+](=O)[O-])ccc1C)C(=O)O. The Morgan fingerprint density at radius 3 is 2.62 bits per heavy atom. The zero-order chi connectivity index (χ0) is 16.2. The number of nitro groups is 1. The number of aliphatic carboxylic acids is 1. The molecule has 10 heteroatoms. The molecule has 1 aromatic rings. The molecule has 1 unspecified atom stereocenters. The Morgan fingerprint density at radius 2 is 2.14 bits per heavy atom. The highest BCUT2D eigenvalue weighted by molar-refractivity contribution is 7.89. The maximum Gasteiger partial charge on any atom is 0.334 e. The van der Waals surface area contributed by atoms with E-state index in [1.165, 1.54) is 19.1 Å². The zero-order valence-electron chi connectivity index (χ0n) is 11.3. The first kappa shape index (κ1) is 17.0. The van der Waals surface area contributed by atoms with Crippen LogP contribution < -0.4 is 4.72 Å². The van der Waals surface area contributed by atoms with Gasteiger partial charge in [-0.2, -0.15) is 0 Å². The van der Waals surface area contributed by atoms with Crippen molar-refractivity contribution in [1.29, 1.82) is 0 Å². The zero-order valence-corrected chi connectivity index (χ0v) is 12.1. The van der Waals surface area contributed by atoms with Crippen LogP contribution in [0.15, 0.2) is 23.1 Å². The van der Waals surface area contributed by atoms with Crippen LogP contribution in [0.2, 0.25) is 0 Å². The number of carboxylic acid groups (broad SMARTS) is 1. The summed E-state index contributed by atoms with van der Waals surface area (Å²) in [5.41, 5.74) is -0.0695. The van der Waals surface area contributed by atoms with E-state index in [1.54, 1.807) is 0 Å². The first-order valence-electron chi connectivity index (χ1n) is 5.69. The monoisotopic (exact) mass is 318 g/mol. The highest BCUT2D eigenvalue weighted by Crippen LogP contribution is 2.21. The van der Waals surface area contributed by atoms with Gasteiger partial charge in [0.15, 0.2) is 6.10 Å². The van der Waals surface area contributed by atoms with Gasteiger partial charge in [-0.1, -0.05) is 6.07 Å². The summed E-state index contributed by atoms with van der Waals surface area (Å²) in [4.78, 5) is 20.4. The maximum atomic E-state index is 12.1. The normalized spacial score (nSPS) is 12.9. The molecule has 0 aromatic heterocycles. The number of ether oxygens (including phenoxy) is 1. The fourth-order valence-corrected chi connectivity index (χ4v) is 2.82. The summed E-state index contributed by atoms with van der Waals surface area (Å²) < 4.78 is 30.8. The fourth-order valence-electron chi connectivity index (χ4n) is 1.53. The number of carbonyl (C=O) groups is 1. The predicted molar refractivity (Wildman–Crippen MR) is 71.5 cm³/mol. The molecule has 2 N–H and O–H groups in total. The molecule has 0 saturated heterocycles. The molecule has 116 valence electrons. The van der Waals surface area contributed by atoms with Crippen LogP contribution in [0, 0.1) is 17.0 Å². The number of rotatable bonds is 7. The van der Waals surface area contributed by atoms with Gasteiger partial charge in [0.1, 0.15) is 0 Å². The molecule has 21 heavy (non-hydrogen) atoms. The molecule has 0 bridgehead atoms. The molecule has 0 heterocycles. The molecule has 0 spiro atoms. The van der Waals surface area contributed by atoms with E-state index in [4.69, 9.17) is 5.11 Å². The lowest BCUT2D eigenvalue weighted by molar-refractivity contribution is -0.385. The summed E-state index contributed by atoms with van der Waals surface area (Å²) in [7, 11) is -2.95. The highest BCUT2D eigenvalue weighted by Gasteiger charge is 2.24. The Morgan fingerprint density at radius 1 is 1.52 bits per heavy atom. The van der Waals surface area contributed by atoms with E-state index in [0.717, 1.165) is 13.2 Å². The lowest BCUT2D eigenvalue weighted by atomic mass is 10.2. The Kier molecular flexibility index (Phi) is 5.35. The van der Waals surface area contributed by atoms with Crippen LogP contribution in [-0.4, -0.2) is 44.2 Å². The molecule has 1 rings (SSSR count). The van der Waals surface area contributed by atoms with E-state index in [-0.39, 0.29) is 10.6 Å². The van der Waals surface area contributed by atoms with Gasteiger partial charge in [-0.3, -0.25) is 10.1 Å². The number of nitrogens with one attached hydrogen (secondary N) is 1. The number of hydrogen-bond acceptors (Lipinski definition) is 6. The number of non-ortho nitro benzene ring substituents is 1. The van der Waals surface area contributed by atoms with Crippen molar-refractivity contribution < 1.29 is 28.0 Å².